The van der Waals surface area contributed by atoms with Crippen molar-refractivity contribution >= 4 is 5.69 Å². The van der Waals surface area contributed by atoms with Crippen molar-refractivity contribution in [2.75, 3.05) is 19.0 Å². The van der Waals surface area contributed by atoms with Gasteiger partial charge in [0.1, 0.15) is 5.76 Å². The fourth-order valence-electron chi connectivity index (χ4n) is 1.72. The smallest absolute Gasteiger partial charge is 0.122 e. The highest BCUT2D eigenvalue weighted by Gasteiger charge is 2.02. The van der Waals surface area contributed by atoms with Crippen molar-refractivity contribution in [1.29, 1.82) is 0 Å². The largest absolute Gasteiger partial charge is 0.467 e. The Morgan fingerprint density at radius 3 is 2.82 bits per heavy atom. The van der Waals surface area contributed by atoms with Crippen molar-refractivity contribution < 1.29 is 9.15 Å². The summed E-state index contributed by atoms with van der Waals surface area (Å²) in [5.41, 5.74) is 2.40. The number of hydrogen-bond acceptors (Lipinski definition) is 3. The topological polar surface area (TPSA) is 34.4 Å². The summed E-state index contributed by atoms with van der Waals surface area (Å²) in [4.78, 5) is 0. The zero-order valence-electron chi connectivity index (χ0n) is 9.98. The minimum Gasteiger partial charge on any atom is -0.467 e. The molecule has 0 unspecified atom stereocenters. The van der Waals surface area contributed by atoms with E-state index >= 15 is 0 Å². The molecule has 90 valence electrons. The molecule has 0 amide bonds. The Kier molecular flexibility index (Phi) is 4.22. The van der Waals surface area contributed by atoms with E-state index in [1.807, 2.05) is 24.3 Å². The fraction of sp³-hybridized carbons (Fsp3) is 0.286. The summed E-state index contributed by atoms with van der Waals surface area (Å²) in [5.74, 6) is 0.937. The summed E-state index contributed by atoms with van der Waals surface area (Å²) in [7, 11) is 1.72. The maximum atomic E-state index is 5.29. The number of para-hydroxylation sites is 1. The van der Waals surface area contributed by atoms with Gasteiger partial charge in [0.25, 0.3) is 0 Å². The van der Waals surface area contributed by atoms with Crippen molar-refractivity contribution in [3.63, 3.8) is 0 Å². The van der Waals surface area contributed by atoms with E-state index < -0.39 is 0 Å². The first-order valence-electron chi connectivity index (χ1n) is 5.73. The number of benzene rings is 1. The molecule has 0 spiro atoms. The number of nitrogens with one attached hydrogen (secondary N) is 1. The van der Waals surface area contributed by atoms with Crippen molar-refractivity contribution in [3.05, 3.63) is 54.0 Å². The Balaban J connectivity index is 1.99. The normalized spacial score (nSPS) is 10.4. The van der Waals surface area contributed by atoms with Crippen LogP contribution in [0.3, 0.4) is 0 Å². The predicted molar refractivity (Wildman–Crippen MR) is 68.1 cm³/mol. The van der Waals surface area contributed by atoms with Crippen molar-refractivity contribution in [2.45, 2.75) is 13.0 Å². The molecule has 0 saturated heterocycles. The molecule has 17 heavy (non-hydrogen) atoms. The molecule has 0 aliphatic heterocycles. The molecular weight excluding hydrogens is 214 g/mol. The van der Waals surface area contributed by atoms with E-state index in [0.29, 0.717) is 6.54 Å². The maximum absolute atomic E-state index is 5.29. The fourth-order valence-corrected chi connectivity index (χ4v) is 1.72. The van der Waals surface area contributed by atoms with Crippen LogP contribution in [0.2, 0.25) is 0 Å². The Hall–Kier alpha value is -1.74. The van der Waals surface area contributed by atoms with Gasteiger partial charge in [-0.1, -0.05) is 18.2 Å². The number of anilines is 1. The van der Waals surface area contributed by atoms with Crippen LogP contribution in [0, 0.1) is 0 Å². The van der Waals surface area contributed by atoms with E-state index in [0.717, 1.165) is 24.5 Å². The number of methoxy groups -OCH3 is 1. The quantitative estimate of drug-likeness (QED) is 0.829. The van der Waals surface area contributed by atoms with E-state index in [2.05, 4.69) is 17.4 Å². The lowest BCUT2D eigenvalue weighted by atomic mass is 10.1. The second kappa shape index (κ2) is 6.11. The van der Waals surface area contributed by atoms with Crippen LogP contribution in [-0.4, -0.2) is 13.7 Å². The molecule has 1 N–H and O–H groups in total. The monoisotopic (exact) mass is 231 g/mol. The Morgan fingerprint density at radius 1 is 1.18 bits per heavy atom. The molecule has 0 saturated carbocycles. The second-order valence-electron chi connectivity index (χ2n) is 3.83. The first-order chi connectivity index (χ1) is 8.40. The maximum Gasteiger partial charge on any atom is 0.122 e. The summed E-state index contributed by atoms with van der Waals surface area (Å²) < 4.78 is 10.4. The molecule has 2 rings (SSSR count). The zero-order valence-corrected chi connectivity index (χ0v) is 9.98. The molecule has 2 aromatic rings. The van der Waals surface area contributed by atoms with Crippen molar-refractivity contribution in [2.24, 2.45) is 0 Å². The summed E-state index contributed by atoms with van der Waals surface area (Å²) in [6, 6.07) is 12.1. The summed E-state index contributed by atoms with van der Waals surface area (Å²) in [6.07, 6.45) is 2.60. The van der Waals surface area contributed by atoms with Gasteiger partial charge in [-0.25, -0.2) is 0 Å². The van der Waals surface area contributed by atoms with Crippen LogP contribution in [0.15, 0.2) is 47.1 Å². The molecule has 3 nitrogen and oxygen atoms in total. The molecule has 0 aliphatic rings. The average Bonchev–Trinajstić information content (AvgIpc) is 2.88. The van der Waals surface area contributed by atoms with Crippen LogP contribution >= 0.6 is 0 Å². The molecule has 3 heteroatoms. The van der Waals surface area contributed by atoms with Gasteiger partial charge in [-0.05, 0) is 30.2 Å². The van der Waals surface area contributed by atoms with E-state index in [-0.39, 0.29) is 0 Å². The lowest BCUT2D eigenvalue weighted by molar-refractivity contribution is 0.202. The van der Waals surface area contributed by atoms with Crippen LogP contribution in [0.5, 0.6) is 0 Å². The van der Waals surface area contributed by atoms with E-state index in [4.69, 9.17) is 9.15 Å². The zero-order chi connectivity index (χ0) is 11.9. The third-order valence-corrected chi connectivity index (χ3v) is 2.63. The van der Waals surface area contributed by atoms with E-state index in [9.17, 15) is 0 Å². The van der Waals surface area contributed by atoms with Crippen LogP contribution in [0.4, 0.5) is 5.69 Å². The van der Waals surface area contributed by atoms with Gasteiger partial charge < -0.3 is 14.5 Å². The second-order valence-corrected chi connectivity index (χ2v) is 3.83. The number of furan rings is 1. The molecule has 0 bridgehead atoms. The molecule has 0 radical (unpaired) electrons. The van der Waals surface area contributed by atoms with Crippen LogP contribution < -0.4 is 5.32 Å². The minimum atomic E-state index is 0.705. The first-order valence-corrected chi connectivity index (χ1v) is 5.73. The van der Waals surface area contributed by atoms with Crippen LogP contribution in [0.1, 0.15) is 11.3 Å². The third kappa shape index (κ3) is 3.36. The average molecular weight is 231 g/mol. The molecular formula is C14H17NO2. The van der Waals surface area contributed by atoms with Gasteiger partial charge in [0.15, 0.2) is 0 Å². The van der Waals surface area contributed by atoms with Gasteiger partial charge in [-0.3, -0.25) is 0 Å². The van der Waals surface area contributed by atoms with Crippen LogP contribution in [-0.2, 0) is 17.7 Å². The lowest BCUT2D eigenvalue weighted by Gasteiger charge is -2.10. The van der Waals surface area contributed by atoms with Gasteiger partial charge in [0.2, 0.25) is 0 Å². The predicted octanol–water partition coefficient (Wildman–Crippen LogP) is 3.08. The molecule has 0 aliphatic carbocycles. The Morgan fingerprint density at radius 2 is 2.06 bits per heavy atom. The summed E-state index contributed by atoms with van der Waals surface area (Å²) >= 11 is 0. The first kappa shape index (κ1) is 11.7. The Bertz CT molecular complexity index is 437. The van der Waals surface area contributed by atoms with Gasteiger partial charge in [-0.15, -0.1) is 0 Å². The molecule has 0 fully saturated rings. The van der Waals surface area contributed by atoms with Gasteiger partial charge in [0.05, 0.1) is 19.4 Å². The van der Waals surface area contributed by atoms with Gasteiger partial charge in [0, 0.05) is 12.8 Å². The van der Waals surface area contributed by atoms with Gasteiger partial charge in [-0.2, -0.15) is 0 Å². The highest BCUT2D eigenvalue weighted by Crippen LogP contribution is 2.16. The SMILES string of the molecule is COCCc1ccccc1NCc1ccco1. The third-order valence-electron chi connectivity index (χ3n) is 2.63. The van der Waals surface area contributed by atoms with Gasteiger partial charge >= 0.3 is 0 Å². The molecule has 1 aromatic carbocycles. The highest BCUT2D eigenvalue weighted by molar-refractivity contribution is 5.51. The highest BCUT2D eigenvalue weighted by atomic mass is 16.5. The lowest BCUT2D eigenvalue weighted by Crippen LogP contribution is -2.03. The number of ether oxygens (including phenoxy) is 1. The summed E-state index contributed by atoms with van der Waals surface area (Å²) in [6.45, 7) is 1.44. The molecule has 1 heterocycles. The molecule has 1 aromatic heterocycles. The summed E-state index contributed by atoms with van der Waals surface area (Å²) in [5, 5.41) is 3.38. The number of rotatable bonds is 6. The van der Waals surface area contributed by atoms with Crippen LogP contribution in [0.25, 0.3) is 0 Å². The molecule has 0 atom stereocenters. The van der Waals surface area contributed by atoms with Crippen molar-refractivity contribution in [1.82, 2.24) is 0 Å². The standard InChI is InChI=1S/C14H17NO2/c1-16-10-8-12-5-2-3-7-14(12)15-11-13-6-4-9-17-13/h2-7,9,15H,8,10-11H2,1H3. The van der Waals surface area contributed by atoms with E-state index in [1.54, 1.807) is 13.4 Å². The van der Waals surface area contributed by atoms with E-state index in [1.165, 1.54) is 5.56 Å². The van der Waals surface area contributed by atoms with Crippen molar-refractivity contribution in [3.8, 4) is 0 Å². The Labute approximate surface area is 101 Å². The number of hydrogen-bond donors (Lipinski definition) is 1. The minimum absolute atomic E-state index is 0.705.